The Balaban J connectivity index is 1.08. The zero-order valence-corrected chi connectivity index (χ0v) is 40.6. The molecule has 0 aliphatic heterocycles. The Labute approximate surface area is 431 Å². The van der Waals surface area contributed by atoms with Gasteiger partial charge in [-0.25, -0.2) is 0 Å². The second-order valence-corrected chi connectivity index (χ2v) is 19.2. The van der Waals surface area contributed by atoms with Gasteiger partial charge in [0.15, 0.2) is 0 Å². The van der Waals surface area contributed by atoms with Crippen LogP contribution in [-0.2, 0) is 5.41 Å². The van der Waals surface area contributed by atoms with Crippen LogP contribution in [0.2, 0.25) is 0 Å². The molecule has 0 amide bonds. The van der Waals surface area contributed by atoms with Crippen LogP contribution in [0, 0.1) is 0 Å². The van der Waals surface area contributed by atoms with Gasteiger partial charge in [-0.2, -0.15) is 0 Å². The van der Waals surface area contributed by atoms with E-state index in [2.05, 4.69) is 312 Å². The Morgan fingerprint density at radius 1 is 0.311 bits per heavy atom. The lowest BCUT2D eigenvalue weighted by molar-refractivity contribution is 0.769. The summed E-state index contributed by atoms with van der Waals surface area (Å²) in [6.07, 6.45) is 0. The zero-order valence-electron chi connectivity index (χ0n) is 40.6. The fourth-order valence-corrected chi connectivity index (χ4v) is 12.1. The van der Waals surface area contributed by atoms with Gasteiger partial charge in [-0.1, -0.05) is 218 Å². The summed E-state index contributed by atoms with van der Waals surface area (Å²) in [6, 6.07) is 109. The van der Waals surface area contributed by atoms with E-state index in [-0.39, 0.29) is 0 Å². The molecule has 13 aromatic rings. The van der Waals surface area contributed by atoms with E-state index >= 15 is 0 Å². The molecule has 1 aliphatic rings. The van der Waals surface area contributed by atoms with Crippen molar-refractivity contribution in [2.45, 2.75) is 5.41 Å². The third-order valence-electron chi connectivity index (χ3n) is 15.2. The lowest BCUT2D eigenvalue weighted by atomic mass is 9.67. The molecular formula is C71H49N3. The lowest BCUT2D eigenvalue weighted by Gasteiger charge is -2.34. The van der Waals surface area contributed by atoms with Gasteiger partial charge in [-0.15, -0.1) is 0 Å². The molecule has 0 spiro atoms. The van der Waals surface area contributed by atoms with Gasteiger partial charge in [-0.05, 0) is 134 Å². The summed E-state index contributed by atoms with van der Waals surface area (Å²) in [5, 5.41) is 4.82. The van der Waals surface area contributed by atoms with Crippen LogP contribution in [0.3, 0.4) is 0 Å². The van der Waals surface area contributed by atoms with Crippen molar-refractivity contribution in [3.05, 3.63) is 320 Å². The highest BCUT2D eigenvalue weighted by Gasteiger charge is 2.47. The minimum atomic E-state index is -0.553. The van der Waals surface area contributed by atoms with Gasteiger partial charge < -0.3 is 14.4 Å². The van der Waals surface area contributed by atoms with Crippen LogP contribution in [0.25, 0.3) is 60.5 Å². The Kier molecular flexibility index (Phi) is 10.4. The highest BCUT2D eigenvalue weighted by Crippen LogP contribution is 2.59. The molecule has 14 rings (SSSR count). The van der Waals surface area contributed by atoms with Crippen LogP contribution in [0.4, 0.5) is 34.1 Å². The highest BCUT2D eigenvalue weighted by atomic mass is 15.2. The second kappa shape index (κ2) is 17.9. The molecule has 0 fully saturated rings. The molecule has 12 aromatic carbocycles. The molecule has 1 heterocycles. The summed E-state index contributed by atoms with van der Waals surface area (Å²) in [5.41, 5.74) is 19.1. The van der Waals surface area contributed by atoms with E-state index < -0.39 is 5.41 Å². The first kappa shape index (κ1) is 43.1. The van der Waals surface area contributed by atoms with Crippen molar-refractivity contribution in [2.75, 3.05) is 9.80 Å². The van der Waals surface area contributed by atoms with Gasteiger partial charge in [0.1, 0.15) is 0 Å². The molecule has 74 heavy (non-hydrogen) atoms. The number of anilines is 6. The van der Waals surface area contributed by atoms with Gasteiger partial charge in [0.2, 0.25) is 0 Å². The van der Waals surface area contributed by atoms with Crippen LogP contribution in [0.5, 0.6) is 0 Å². The molecule has 1 aliphatic carbocycles. The number of hydrogen-bond acceptors (Lipinski definition) is 2. The SMILES string of the molecule is c1ccc(-c2ccc(-n3c4ccccc4c4c(N(c5ccccc5)c5ccccc5)cc(N(c5ccccc5)c5ccc6c(c5)-c5c(ccc7ccccc57)C6(c5ccccc5)c5ccccc5)cc43)cc2)cc1. The minimum absolute atomic E-state index is 0.553. The van der Waals surface area contributed by atoms with E-state index in [1.807, 2.05) is 0 Å². The fourth-order valence-electron chi connectivity index (χ4n) is 12.1. The van der Waals surface area contributed by atoms with Crippen molar-refractivity contribution < 1.29 is 0 Å². The fraction of sp³-hybridized carbons (Fsp3) is 0.0141. The third-order valence-corrected chi connectivity index (χ3v) is 15.2. The molecule has 0 bridgehead atoms. The molecular weight excluding hydrogens is 895 g/mol. The molecule has 0 N–H and O–H groups in total. The van der Waals surface area contributed by atoms with Crippen molar-refractivity contribution in [3.63, 3.8) is 0 Å². The monoisotopic (exact) mass is 943 g/mol. The van der Waals surface area contributed by atoms with E-state index in [0.717, 1.165) is 50.8 Å². The molecule has 0 atom stereocenters. The number of hydrogen-bond donors (Lipinski definition) is 0. The minimum Gasteiger partial charge on any atom is -0.310 e. The van der Waals surface area contributed by atoms with E-state index in [9.17, 15) is 0 Å². The summed E-state index contributed by atoms with van der Waals surface area (Å²) >= 11 is 0. The van der Waals surface area contributed by atoms with Crippen molar-refractivity contribution in [3.8, 4) is 27.9 Å². The molecule has 0 radical (unpaired) electrons. The van der Waals surface area contributed by atoms with Crippen LogP contribution in [0.1, 0.15) is 22.3 Å². The molecule has 1 aromatic heterocycles. The van der Waals surface area contributed by atoms with Crippen molar-refractivity contribution in [2.24, 2.45) is 0 Å². The maximum Gasteiger partial charge on any atom is 0.0713 e. The quantitative estimate of drug-likeness (QED) is 0.135. The number of nitrogens with zero attached hydrogens (tertiary/aromatic N) is 3. The van der Waals surface area contributed by atoms with E-state index in [4.69, 9.17) is 0 Å². The van der Waals surface area contributed by atoms with Gasteiger partial charge in [0.05, 0.1) is 27.8 Å². The van der Waals surface area contributed by atoms with Crippen molar-refractivity contribution in [1.29, 1.82) is 0 Å². The molecule has 0 unspecified atom stereocenters. The van der Waals surface area contributed by atoms with Crippen LogP contribution < -0.4 is 9.80 Å². The van der Waals surface area contributed by atoms with Crippen LogP contribution in [0.15, 0.2) is 297 Å². The van der Waals surface area contributed by atoms with Crippen molar-refractivity contribution >= 4 is 66.7 Å². The molecule has 3 nitrogen and oxygen atoms in total. The second-order valence-electron chi connectivity index (χ2n) is 19.2. The smallest absolute Gasteiger partial charge is 0.0713 e. The summed E-state index contributed by atoms with van der Waals surface area (Å²) < 4.78 is 2.46. The molecule has 3 heteroatoms. The van der Waals surface area contributed by atoms with E-state index in [1.54, 1.807) is 0 Å². The summed E-state index contributed by atoms with van der Waals surface area (Å²) in [5.74, 6) is 0. The average Bonchev–Trinajstić information content (AvgIpc) is 4.06. The average molecular weight is 944 g/mol. The van der Waals surface area contributed by atoms with Gasteiger partial charge >= 0.3 is 0 Å². The van der Waals surface area contributed by atoms with E-state index in [0.29, 0.717) is 0 Å². The standard InChI is InChI=1S/C71H49N3/c1-7-23-50(24-8-1)51-39-42-58(43-40-51)74-66-38-22-21-37-62(66)70-67(73(56-32-15-5-16-33-56)57-34-17-6-18-35-57)48-60(49-68(70)74)72(55-30-13-4-14-31-55)59-44-46-64-63(47-59)69-61-36-20-19-25-52(61)41-45-65(69)71(64,53-26-9-2-10-27-53)54-28-11-3-12-29-54/h1-49H. The number of benzene rings is 12. The Morgan fingerprint density at radius 2 is 0.811 bits per heavy atom. The number of rotatable bonds is 10. The van der Waals surface area contributed by atoms with Gasteiger partial charge in [0.25, 0.3) is 0 Å². The Hall–Kier alpha value is -9.70. The summed E-state index contributed by atoms with van der Waals surface area (Å²) in [6.45, 7) is 0. The molecule has 0 saturated heterocycles. The number of aromatic nitrogens is 1. The molecule has 0 saturated carbocycles. The maximum atomic E-state index is 2.47. The largest absolute Gasteiger partial charge is 0.310 e. The normalized spacial score (nSPS) is 12.4. The lowest BCUT2D eigenvalue weighted by Crippen LogP contribution is -2.28. The Bertz CT molecular complexity index is 4070. The van der Waals surface area contributed by atoms with E-state index in [1.165, 1.54) is 66.1 Å². The first-order valence-corrected chi connectivity index (χ1v) is 25.5. The first-order chi connectivity index (χ1) is 36.7. The van der Waals surface area contributed by atoms with Gasteiger partial charge in [-0.3, -0.25) is 0 Å². The zero-order chi connectivity index (χ0) is 49.0. The van der Waals surface area contributed by atoms with Gasteiger partial charge in [0, 0.05) is 39.2 Å². The number of fused-ring (bicyclic) bond motifs is 8. The number of para-hydroxylation sites is 4. The topological polar surface area (TPSA) is 11.4 Å². The summed E-state index contributed by atoms with van der Waals surface area (Å²) in [7, 11) is 0. The third kappa shape index (κ3) is 6.89. The Morgan fingerprint density at radius 3 is 1.43 bits per heavy atom. The van der Waals surface area contributed by atoms with Crippen LogP contribution >= 0.6 is 0 Å². The predicted octanol–water partition coefficient (Wildman–Crippen LogP) is 18.9. The molecule has 348 valence electrons. The first-order valence-electron chi connectivity index (χ1n) is 25.5. The maximum absolute atomic E-state index is 2.47. The highest BCUT2D eigenvalue weighted by molar-refractivity contribution is 6.18. The predicted molar refractivity (Wildman–Crippen MR) is 310 cm³/mol. The van der Waals surface area contributed by atoms with Crippen LogP contribution in [-0.4, -0.2) is 4.57 Å². The summed E-state index contributed by atoms with van der Waals surface area (Å²) in [4.78, 5) is 4.90. The van der Waals surface area contributed by atoms with Crippen molar-refractivity contribution in [1.82, 2.24) is 4.57 Å².